The Balaban J connectivity index is 2.51. The van der Waals surface area contributed by atoms with E-state index in [4.69, 9.17) is 4.74 Å². The van der Waals surface area contributed by atoms with Crippen LogP contribution in [0, 0.1) is 0 Å². The Labute approximate surface area is 125 Å². The number of urea groups is 1. The van der Waals surface area contributed by atoms with Gasteiger partial charge < -0.3 is 20.1 Å². The van der Waals surface area contributed by atoms with Crippen molar-refractivity contribution in [2.45, 2.75) is 19.6 Å². The first-order valence-corrected chi connectivity index (χ1v) is 6.34. The van der Waals surface area contributed by atoms with Crippen LogP contribution in [0.4, 0.5) is 13.6 Å². The van der Waals surface area contributed by atoms with E-state index in [0.717, 1.165) is 0 Å². The first kappa shape index (κ1) is 15.7. The second-order valence-electron chi connectivity index (χ2n) is 4.48. The van der Waals surface area contributed by atoms with Gasteiger partial charge >= 0.3 is 18.6 Å². The van der Waals surface area contributed by atoms with E-state index >= 15 is 0 Å². The number of amides is 2. The fourth-order valence-corrected chi connectivity index (χ4v) is 2.23. The number of rotatable bonds is 4. The van der Waals surface area contributed by atoms with E-state index < -0.39 is 24.7 Å². The van der Waals surface area contributed by atoms with Crippen molar-refractivity contribution in [3.05, 3.63) is 41.1 Å². The number of hydrogen-bond donors (Lipinski definition) is 2. The van der Waals surface area contributed by atoms with Crippen LogP contribution < -0.4 is 15.4 Å². The number of halogens is 2. The smallest absolute Gasteiger partial charge is 0.387 e. The molecule has 8 heteroatoms. The molecule has 2 rings (SSSR count). The lowest BCUT2D eigenvalue weighted by molar-refractivity contribution is -0.136. The third-order valence-electron chi connectivity index (χ3n) is 3.12. The number of para-hydroxylation sites is 1. The number of carbonyl (C=O) groups is 2. The van der Waals surface area contributed by atoms with E-state index in [9.17, 15) is 18.4 Å². The highest BCUT2D eigenvalue weighted by Gasteiger charge is 2.33. The number of benzene rings is 1. The van der Waals surface area contributed by atoms with Crippen LogP contribution >= 0.6 is 0 Å². The first-order chi connectivity index (χ1) is 10.4. The lowest BCUT2D eigenvalue weighted by Gasteiger charge is -2.28. The number of allylic oxidation sites excluding steroid dienone is 1. The molecular weight excluding hydrogens is 298 g/mol. The van der Waals surface area contributed by atoms with Crippen LogP contribution in [0.2, 0.25) is 0 Å². The molecule has 0 fully saturated rings. The minimum atomic E-state index is -3.02. The molecule has 0 aromatic heterocycles. The lowest BCUT2D eigenvalue weighted by Crippen LogP contribution is -2.45. The average molecular weight is 312 g/mol. The van der Waals surface area contributed by atoms with E-state index in [1.54, 1.807) is 6.07 Å². The molecule has 1 atom stereocenters. The Morgan fingerprint density at radius 1 is 1.32 bits per heavy atom. The molecule has 2 N–H and O–H groups in total. The number of ether oxygens (including phenoxy) is 2. The number of nitrogens with one attached hydrogen (secondary N) is 2. The maximum absolute atomic E-state index is 12.5. The summed E-state index contributed by atoms with van der Waals surface area (Å²) in [7, 11) is 1.19. The number of alkyl halides is 2. The summed E-state index contributed by atoms with van der Waals surface area (Å²) in [4.78, 5) is 23.6. The van der Waals surface area contributed by atoms with E-state index in [0.29, 0.717) is 0 Å². The summed E-state index contributed by atoms with van der Waals surface area (Å²) in [6.07, 6.45) is 0. The van der Waals surface area contributed by atoms with Crippen molar-refractivity contribution in [2.75, 3.05) is 7.11 Å². The maximum Gasteiger partial charge on any atom is 0.387 e. The molecule has 118 valence electrons. The van der Waals surface area contributed by atoms with Crippen molar-refractivity contribution in [1.82, 2.24) is 10.6 Å². The van der Waals surface area contributed by atoms with E-state index in [1.807, 2.05) is 0 Å². The van der Waals surface area contributed by atoms with Crippen LogP contribution in [0.1, 0.15) is 18.5 Å². The third-order valence-corrected chi connectivity index (χ3v) is 3.12. The second kappa shape index (κ2) is 6.42. The van der Waals surface area contributed by atoms with Gasteiger partial charge in [0.1, 0.15) is 5.75 Å². The van der Waals surface area contributed by atoms with Gasteiger partial charge in [-0.15, -0.1) is 0 Å². The van der Waals surface area contributed by atoms with Gasteiger partial charge in [-0.05, 0) is 13.0 Å². The summed E-state index contributed by atoms with van der Waals surface area (Å²) in [5.74, 6) is -0.805. The van der Waals surface area contributed by atoms with E-state index in [2.05, 4.69) is 15.4 Å². The van der Waals surface area contributed by atoms with Crippen molar-refractivity contribution in [2.24, 2.45) is 0 Å². The largest absolute Gasteiger partial charge is 0.466 e. The highest BCUT2D eigenvalue weighted by Crippen LogP contribution is 2.34. The Hall–Kier alpha value is -2.64. The first-order valence-electron chi connectivity index (χ1n) is 6.34. The van der Waals surface area contributed by atoms with Gasteiger partial charge in [-0.1, -0.05) is 18.2 Å². The molecule has 1 aromatic rings. The molecule has 0 saturated heterocycles. The zero-order valence-corrected chi connectivity index (χ0v) is 11.9. The number of carbonyl (C=O) groups excluding carboxylic acids is 2. The van der Waals surface area contributed by atoms with Gasteiger partial charge in [-0.25, -0.2) is 9.59 Å². The van der Waals surface area contributed by atoms with Gasteiger partial charge in [0.2, 0.25) is 0 Å². The van der Waals surface area contributed by atoms with Crippen LogP contribution in [-0.2, 0) is 9.53 Å². The Kier molecular flexibility index (Phi) is 4.59. The molecule has 2 amide bonds. The zero-order valence-electron chi connectivity index (χ0n) is 11.9. The van der Waals surface area contributed by atoms with Crippen LogP contribution in [0.5, 0.6) is 5.75 Å². The highest BCUT2D eigenvalue weighted by molar-refractivity contribution is 5.95. The predicted octanol–water partition coefficient (Wildman–Crippen LogP) is 2.09. The van der Waals surface area contributed by atoms with Gasteiger partial charge in [0.25, 0.3) is 0 Å². The summed E-state index contributed by atoms with van der Waals surface area (Å²) >= 11 is 0. The molecule has 0 spiro atoms. The van der Waals surface area contributed by atoms with Crippen molar-refractivity contribution in [3.8, 4) is 5.75 Å². The number of hydrogen-bond acceptors (Lipinski definition) is 4. The number of esters is 1. The quantitative estimate of drug-likeness (QED) is 0.835. The summed E-state index contributed by atoms with van der Waals surface area (Å²) in [5, 5.41) is 4.95. The summed E-state index contributed by atoms with van der Waals surface area (Å²) in [6.45, 7) is -1.50. The van der Waals surface area contributed by atoms with Gasteiger partial charge in [-0.2, -0.15) is 8.78 Å². The molecule has 1 aliphatic rings. The van der Waals surface area contributed by atoms with E-state index in [1.165, 1.54) is 32.2 Å². The minimum absolute atomic E-state index is 0.118. The average Bonchev–Trinajstić information content (AvgIpc) is 2.45. The zero-order chi connectivity index (χ0) is 16.3. The standard InChI is InChI=1S/C14H14F2N2O4/c1-7-10(12(19)21-2)11(18-14(20)17-7)8-5-3-4-6-9(8)22-13(15)16/h3-6,11,13H,1-2H3,(H2,17,18,20)/t11-/m0/s1. The Morgan fingerprint density at radius 2 is 2.00 bits per heavy atom. The molecule has 1 heterocycles. The van der Waals surface area contributed by atoms with Crippen molar-refractivity contribution >= 4 is 12.0 Å². The predicted molar refractivity (Wildman–Crippen MR) is 72.2 cm³/mol. The molecule has 1 aliphatic heterocycles. The van der Waals surface area contributed by atoms with Gasteiger partial charge in [0, 0.05) is 11.3 Å². The molecular formula is C14H14F2N2O4. The molecule has 0 radical (unpaired) electrons. The van der Waals surface area contributed by atoms with Crippen LogP contribution in [-0.4, -0.2) is 25.7 Å². The fourth-order valence-electron chi connectivity index (χ4n) is 2.23. The SMILES string of the molecule is COC(=O)C1=C(C)NC(=O)N[C@H]1c1ccccc1OC(F)F. The normalized spacial score (nSPS) is 17.9. The summed E-state index contributed by atoms with van der Waals surface area (Å²) in [5.41, 5.74) is 0.636. The Morgan fingerprint density at radius 3 is 2.64 bits per heavy atom. The molecule has 1 aromatic carbocycles. The van der Waals surface area contributed by atoms with Crippen LogP contribution in [0.25, 0.3) is 0 Å². The molecule has 0 bridgehead atoms. The summed E-state index contributed by atoms with van der Waals surface area (Å²) < 4.78 is 34.2. The molecule has 6 nitrogen and oxygen atoms in total. The fraction of sp³-hybridized carbons (Fsp3) is 0.286. The van der Waals surface area contributed by atoms with Gasteiger partial charge in [-0.3, -0.25) is 0 Å². The summed E-state index contributed by atoms with van der Waals surface area (Å²) in [6, 6.07) is 4.42. The van der Waals surface area contributed by atoms with Gasteiger partial charge in [0.05, 0.1) is 18.7 Å². The molecule has 0 saturated carbocycles. The molecule has 0 aliphatic carbocycles. The highest BCUT2D eigenvalue weighted by atomic mass is 19.3. The van der Waals surface area contributed by atoms with Crippen molar-refractivity contribution in [3.63, 3.8) is 0 Å². The van der Waals surface area contributed by atoms with Crippen LogP contribution in [0.15, 0.2) is 35.5 Å². The van der Waals surface area contributed by atoms with Gasteiger partial charge in [0.15, 0.2) is 0 Å². The second-order valence-corrected chi connectivity index (χ2v) is 4.48. The third kappa shape index (κ3) is 3.16. The van der Waals surface area contributed by atoms with Crippen molar-refractivity contribution < 1.29 is 27.8 Å². The lowest BCUT2D eigenvalue weighted by atomic mass is 9.95. The van der Waals surface area contributed by atoms with E-state index in [-0.39, 0.29) is 22.6 Å². The molecule has 0 unspecified atom stereocenters. The molecule has 22 heavy (non-hydrogen) atoms. The monoisotopic (exact) mass is 312 g/mol. The maximum atomic E-state index is 12.5. The Bertz CT molecular complexity index is 631. The number of methoxy groups -OCH3 is 1. The minimum Gasteiger partial charge on any atom is -0.466 e. The van der Waals surface area contributed by atoms with Crippen molar-refractivity contribution in [1.29, 1.82) is 0 Å². The topological polar surface area (TPSA) is 76.7 Å². The van der Waals surface area contributed by atoms with Crippen LogP contribution in [0.3, 0.4) is 0 Å².